The lowest BCUT2D eigenvalue weighted by Gasteiger charge is -2.22. The predicted octanol–water partition coefficient (Wildman–Crippen LogP) is 0.807. The van der Waals surface area contributed by atoms with Gasteiger partial charge in [-0.3, -0.25) is 9.69 Å². The SMILES string of the molecule is O=C(NCCN(CC1CC1)C1CC1)c1cn(C2CCCNC2)nn1. The molecule has 7 heteroatoms. The number of rotatable bonds is 8. The van der Waals surface area contributed by atoms with Crippen LogP contribution in [0, 0.1) is 5.92 Å². The molecular formula is C17H28N6O. The molecule has 3 aliphatic rings. The van der Waals surface area contributed by atoms with Crippen molar-refractivity contribution in [1.29, 1.82) is 0 Å². The Balaban J connectivity index is 1.24. The standard InChI is InChI=1S/C17H28N6O/c24-17(16-12-23(21-20-16)15-2-1-7-18-10-15)19-8-9-22(14-5-6-14)11-13-3-4-13/h12-15,18H,1-11H2,(H,19,24). The van der Waals surface area contributed by atoms with E-state index in [9.17, 15) is 4.79 Å². The van der Waals surface area contributed by atoms with Crippen molar-refractivity contribution in [1.82, 2.24) is 30.5 Å². The Morgan fingerprint density at radius 2 is 2.21 bits per heavy atom. The number of nitrogens with one attached hydrogen (secondary N) is 2. The molecule has 1 unspecified atom stereocenters. The van der Waals surface area contributed by atoms with Gasteiger partial charge >= 0.3 is 0 Å². The summed E-state index contributed by atoms with van der Waals surface area (Å²) in [6.45, 7) is 4.83. The summed E-state index contributed by atoms with van der Waals surface area (Å²) >= 11 is 0. The van der Waals surface area contributed by atoms with Gasteiger partial charge < -0.3 is 10.6 Å². The Morgan fingerprint density at radius 1 is 1.33 bits per heavy atom. The topological polar surface area (TPSA) is 75.1 Å². The maximum absolute atomic E-state index is 12.3. The zero-order valence-corrected chi connectivity index (χ0v) is 14.3. The molecule has 2 N–H and O–H groups in total. The molecule has 3 fully saturated rings. The van der Waals surface area contributed by atoms with E-state index < -0.39 is 0 Å². The summed E-state index contributed by atoms with van der Waals surface area (Å²) in [4.78, 5) is 14.8. The molecule has 2 saturated carbocycles. The average molecular weight is 332 g/mol. The molecule has 1 aliphatic heterocycles. The van der Waals surface area contributed by atoms with Crippen LogP contribution >= 0.6 is 0 Å². The van der Waals surface area contributed by atoms with Gasteiger partial charge in [-0.05, 0) is 51.0 Å². The van der Waals surface area contributed by atoms with Crippen LogP contribution in [0.4, 0.5) is 0 Å². The van der Waals surface area contributed by atoms with Gasteiger partial charge in [0, 0.05) is 32.2 Å². The van der Waals surface area contributed by atoms with E-state index >= 15 is 0 Å². The molecule has 1 saturated heterocycles. The van der Waals surface area contributed by atoms with Crippen molar-refractivity contribution >= 4 is 5.91 Å². The lowest BCUT2D eigenvalue weighted by molar-refractivity contribution is 0.0942. The van der Waals surface area contributed by atoms with Gasteiger partial charge in [-0.2, -0.15) is 0 Å². The first-order valence-corrected chi connectivity index (χ1v) is 9.44. The van der Waals surface area contributed by atoms with Crippen LogP contribution in [-0.2, 0) is 0 Å². The van der Waals surface area contributed by atoms with E-state index in [2.05, 4.69) is 25.8 Å². The van der Waals surface area contributed by atoms with Crippen LogP contribution < -0.4 is 10.6 Å². The third-order valence-electron chi connectivity index (χ3n) is 5.33. The second-order valence-electron chi connectivity index (χ2n) is 7.51. The molecule has 2 aliphatic carbocycles. The van der Waals surface area contributed by atoms with Crippen LogP contribution in [-0.4, -0.2) is 64.6 Å². The van der Waals surface area contributed by atoms with Crippen LogP contribution in [0.15, 0.2) is 6.20 Å². The summed E-state index contributed by atoms with van der Waals surface area (Å²) in [7, 11) is 0. The maximum atomic E-state index is 12.3. The number of hydrogen-bond acceptors (Lipinski definition) is 5. The Labute approximate surface area is 143 Å². The highest BCUT2D eigenvalue weighted by atomic mass is 16.2. The minimum absolute atomic E-state index is 0.104. The van der Waals surface area contributed by atoms with Crippen LogP contribution in [0.25, 0.3) is 0 Å². The smallest absolute Gasteiger partial charge is 0.273 e. The van der Waals surface area contributed by atoms with Gasteiger partial charge in [0.1, 0.15) is 0 Å². The molecular weight excluding hydrogens is 304 g/mol. The second-order valence-corrected chi connectivity index (χ2v) is 7.51. The van der Waals surface area contributed by atoms with Crippen LogP contribution in [0.2, 0.25) is 0 Å². The van der Waals surface area contributed by atoms with E-state index in [1.165, 1.54) is 32.2 Å². The number of piperidine rings is 1. The van der Waals surface area contributed by atoms with Crippen molar-refractivity contribution in [3.05, 3.63) is 11.9 Å². The molecule has 1 aromatic heterocycles. The van der Waals surface area contributed by atoms with Crippen molar-refractivity contribution < 1.29 is 4.79 Å². The molecule has 0 spiro atoms. The van der Waals surface area contributed by atoms with E-state index in [0.29, 0.717) is 18.3 Å². The van der Waals surface area contributed by atoms with E-state index in [4.69, 9.17) is 0 Å². The summed E-state index contributed by atoms with van der Waals surface area (Å²) < 4.78 is 1.84. The van der Waals surface area contributed by atoms with E-state index in [0.717, 1.165) is 44.4 Å². The van der Waals surface area contributed by atoms with E-state index in [-0.39, 0.29) is 5.91 Å². The minimum atomic E-state index is -0.104. The largest absolute Gasteiger partial charge is 0.349 e. The normalized spacial score (nSPS) is 24.3. The van der Waals surface area contributed by atoms with Crippen molar-refractivity contribution in [3.63, 3.8) is 0 Å². The highest BCUT2D eigenvalue weighted by molar-refractivity contribution is 5.91. The fourth-order valence-corrected chi connectivity index (χ4v) is 3.52. The fourth-order valence-electron chi connectivity index (χ4n) is 3.52. The number of nitrogens with zero attached hydrogens (tertiary/aromatic N) is 4. The molecule has 0 aromatic carbocycles. The summed E-state index contributed by atoms with van der Waals surface area (Å²) in [5.74, 6) is 0.803. The first-order chi connectivity index (χ1) is 11.8. The highest BCUT2D eigenvalue weighted by Crippen LogP contribution is 2.34. The number of aromatic nitrogens is 3. The fraction of sp³-hybridized carbons (Fsp3) is 0.824. The van der Waals surface area contributed by atoms with E-state index in [1.54, 1.807) is 6.20 Å². The lowest BCUT2D eigenvalue weighted by atomic mass is 10.1. The second kappa shape index (κ2) is 7.19. The first kappa shape index (κ1) is 16.0. The number of amides is 1. The predicted molar refractivity (Wildman–Crippen MR) is 90.8 cm³/mol. The molecule has 2 heterocycles. The molecule has 24 heavy (non-hydrogen) atoms. The van der Waals surface area contributed by atoms with Gasteiger partial charge in [0.05, 0.1) is 12.2 Å². The first-order valence-electron chi connectivity index (χ1n) is 9.44. The summed E-state index contributed by atoms with van der Waals surface area (Å²) in [6, 6.07) is 1.08. The van der Waals surface area contributed by atoms with Crippen LogP contribution in [0.3, 0.4) is 0 Å². The Hall–Kier alpha value is -1.47. The molecule has 1 atom stereocenters. The van der Waals surface area contributed by atoms with Gasteiger partial charge in [-0.15, -0.1) is 5.10 Å². The van der Waals surface area contributed by atoms with Crippen molar-refractivity contribution in [2.75, 3.05) is 32.7 Å². The van der Waals surface area contributed by atoms with Gasteiger partial charge in [0.2, 0.25) is 0 Å². The molecule has 1 aromatic rings. The zero-order valence-electron chi connectivity index (χ0n) is 14.3. The third-order valence-corrected chi connectivity index (χ3v) is 5.33. The number of carbonyl (C=O) groups excluding carboxylic acids is 1. The number of carbonyl (C=O) groups is 1. The summed E-state index contributed by atoms with van der Waals surface area (Å²) in [5, 5.41) is 14.6. The van der Waals surface area contributed by atoms with E-state index in [1.807, 2.05) is 4.68 Å². The Kier molecular flexibility index (Phi) is 4.80. The van der Waals surface area contributed by atoms with Gasteiger partial charge in [-0.1, -0.05) is 5.21 Å². The zero-order chi connectivity index (χ0) is 16.4. The molecule has 0 radical (unpaired) electrons. The molecule has 7 nitrogen and oxygen atoms in total. The number of hydrogen-bond donors (Lipinski definition) is 2. The monoisotopic (exact) mass is 332 g/mol. The third kappa shape index (κ3) is 4.13. The highest BCUT2D eigenvalue weighted by Gasteiger charge is 2.33. The van der Waals surface area contributed by atoms with Crippen molar-refractivity contribution in [2.45, 2.75) is 50.6 Å². The molecule has 4 rings (SSSR count). The Bertz CT molecular complexity index is 559. The summed E-state index contributed by atoms with van der Waals surface area (Å²) in [6.07, 6.45) is 9.44. The molecule has 132 valence electrons. The Morgan fingerprint density at radius 3 is 2.92 bits per heavy atom. The lowest BCUT2D eigenvalue weighted by Crippen LogP contribution is -2.37. The molecule has 1 amide bonds. The van der Waals surface area contributed by atoms with Crippen LogP contribution in [0.5, 0.6) is 0 Å². The van der Waals surface area contributed by atoms with Gasteiger partial charge in [0.25, 0.3) is 5.91 Å². The summed E-state index contributed by atoms with van der Waals surface area (Å²) in [5.41, 5.74) is 0.431. The van der Waals surface area contributed by atoms with Gasteiger partial charge in [-0.25, -0.2) is 4.68 Å². The van der Waals surface area contributed by atoms with Crippen molar-refractivity contribution in [2.24, 2.45) is 5.92 Å². The van der Waals surface area contributed by atoms with Gasteiger partial charge in [0.15, 0.2) is 5.69 Å². The minimum Gasteiger partial charge on any atom is -0.349 e. The average Bonchev–Trinajstić information content (AvgIpc) is 3.53. The van der Waals surface area contributed by atoms with Crippen LogP contribution in [0.1, 0.15) is 55.1 Å². The van der Waals surface area contributed by atoms with Crippen molar-refractivity contribution in [3.8, 4) is 0 Å². The quantitative estimate of drug-likeness (QED) is 0.737. The molecule has 0 bridgehead atoms. The maximum Gasteiger partial charge on any atom is 0.273 e.